The van der Waals surface area contributed by atoms with Crippen LogP contribution in [0.3, 0.4) is 0 Å². The molecule has 20 heavy (non-hydrogen) atoms. The van der Waals surface area contributed by atoms with E-state index in [0.29, 0.717) is 0 Å². The van der Waals surface area contributed by atoms with E-state index in [1.165, 1.54) is 0 Å². The smallest absolute Gasteiger partial charge is 0.144 e. The lowest BCUT2D eigenvalue weighted by Crippen LogP contribution is -2.30. The standard InChI is InChI=1S/C16H32O4/c1-12(2)13(17-18-14(3,4)5)11-16(9,10)20-19-15(6,7)8/h11-12H,1-10H3. The fourth-order valence-electron chi connectivity index (χ4n) is 1.06. The molecule has 0 radical (unpaired) electrons. The largest absolute Gasteiger partial charge is 0.342 e. The summed E-state index contributed by atoms with van der Waals surface area (Å²) in [6.07, 6.45) is 1.88. The van der Waals surface area contributed by atoms with Crippen molar-refractivity contribution in [1.82, 2.24) is 0 Å². The van der Waals surface area contributed by atoms with Crippen molar-refractivity contribution in [1.29, 1.82) is 0 Å². The molecule has 0 rings (SSSR count). The van der Waals surface area contributed by atoms with Crippen LogP contribution in [-0.2, 0) is 19.6 Å². The summed E-state index contributed by atoms with van der Waals surface area (Å²) < 4.78 is 0. The van der Waals surface area contributed by atoms with Crippen molar-refractivity contribution < 1.29 is 19.6 Å². The molecule has 0 aliphatic carbocycles. The molecule has 0 aromatic carbocycles. The molecule has 0 unspecified atom stereocenters. The lowest BCUT2D eigenvalue weighted by Gasteiger charge is -2.28. The summed E-state index contributed by atoms with van der Waals surface area (Å²) in [6, 6.07) is 0. The first-order valence-electron chi connectivity index (χ1n) is 7.17. The Labute approximate surface area is 124 Å². The molecule has 0 saturated carbocycles. The highest BCUT2D eigenvalue weighted by Crippen LogP contribution is 2.24. The molecule has 0 spiro atoms. The molecule has 0 aromatic rings. The minimum absolute atomic E-state index is 0.190. The molecule has 0 fully saturated rings. The third-order valence-corrected chi connectivity index (χ3v) is 1.95. The van der Waals surface area contributed by atoms with Gasteiger partial charge in [-0.15, -0.1) is 0 Å². The highest BCUT2D eigenvalue weighted by molar-refractivity contribution is 5.04. The van der Waals surface area contributed by atoms with Gasteiger partial charge in [0.05, 0.1) is 5.60 Å². The Morgan fingerprint density at radius 1 is 0.750 bits per heavy atom. The first-order valence-corrected chi connectivity index (χ1v) is 7.17. The van der Waals surface area contributed by atoms with Crippen molar-refractivity contribution in [2.45, 2.75) is 86.0 Å². The van der Waals surface area contributed by atoms with Gasteiger partial charge in [0.2, 0.25) is 0 Å². The van der Waals surface area contributed by atoms with Crippen LogP contribution in [0.4, 0.5) is 0 Å². The first-order chi connectivity index (χ1) is 8.72. The van der Waals surface area contributed by atoms with Gasteiger partial charge in [0, 0.05) is 5.92 Å². The van der Waals surface area contributed by atoms with E-state index < -0.39 is 5.60 Å². The maximum atomic E-state index is 5.49. The highest BCUT2D eigenvalue weighted by atomic mass is 17.2. The molecule has 0 heterocycles. The average molecular weight is 288 g/mol. The quantitative estimate of drug-likeness (QED) is 0.400. The van der Waals surface area contributed by atoms with Crippen molar-refractivity contribution >= 4 is 0 Å². The predicted octanol–water partition coefficient (Wildman–Crippen LogP) is 4.80. The van der Waals surface area contributed by atoms with Gasteiger partial charge < -0.3 is 4.89 Å². The van der Waals surface area contributed by atoms with Gasteiger partial charge in [-0.3, -0.25) is 0 Å². The van der Waals surface area contributed by atoms with Gasteiger partial charge in [-0.2, -0.15) is 4.89 Å². The second kappa shape index (κ2) is 6.92. The zero-order valence-electron chi connectivity index (χ0n) is 14.8. The van der Waals surface area contributed by atoms with Crippen LogP contribution < -0.4 is 0 Å². The maximum absolute atomic E-state index is 5.49. The average Bonchev–Trinajstić information content (AvgIpc) is 2.19. The molecule has 0 amide bonds. The summed E-state index contributed by atoms with van der Waals surface area (Å²) in [5, 5.41) is 0. The Hall–Kier alpha value is -0.580. The molecule has 0 atom stereocenters. The zero-order valence-corrected chi connectivity index (χ0v) is 14.8. The SMILES string of the molecule is CC(C)C(=CC(C)(C)OOC(C)(C)C)OOC(C)(C)C. The molecule has 120 valence electrons. The van der Waals surface area contributed by atoms with E-state index in [1.807, 2.05) is 75.3 Å². The van der Waals surface area contributed by atoms with Crippen LogP contribution in [0, 0.1) is 5.92 Å². The van der Waals surface area contributed by atoms with E-state index in [4.69, 9.17) is 19.6 Å². The third-order valence-electron chi connectivity index (χ3n) is 1.95. The Kier molecular flexibility index (Phi) is 6.72. The number of hydrogen-bond donors (Lipinski definition) is 0. The van der Waals surface area contributed by atoms with Gasteiger partial charge in [-0.05, 0) is 61.5 Å². The zero-order chi connectivity index (χ0) is 16.2. The third kappa shape index (κ3) is 10.2. The molecule has 0 aliphatic heterocycles. The minimum atomic E-state index is -0.603. The second-order valence-electron chi connectivity index (χ2n) is 7.86. The maximum Gasteiger partial charge on any atom is 0.144 e. The predicted molar refractivity (Wildman–Crippen MR) is 80.8 cm³/mol. The fraction of sp³-hybridized carbons (Fsp3) is 0.875. The van der Waals surface area contributed by atoms with Crippen molar-refractivity contribution in [3.05, 3.63) is 11.8 Å². The lowest BCUT2D eigenvalue weighted by atomic mass is 10.0. The van der Waals surface area contributed by atoms with Gasteiger partial charge in [0.1, 0.15) is 17.0 Å². The molecule has 0 bridgehead atoms. The molecule has 0 saturated heterocycles. The Bertz CT molecular complexity index is 316. The monoisotopic (exact) mass is 288 g/mol. The van der Waals surface area contributed by atoms with E-state index in [9.17, 15) is 0 Å². The summed E-state index contributed by atoms with van der Waals surface area (Å²) >= 11 is 0. The summed E-state index contributed by atoms with van der Waals surface area (Å²) in [5.74, 6) is 0.914. The van der Waals surface area contributed by atoms with E-state index in [2.05, 4.69) is 0 Å². The first kappa shape index (κ1) is 19.4. The Balaban J connectivity index is 4.80. The highest BCUT2D eigenvalue weighted by Gasteiger charge is 2.25. The number of rotatable bonds is 6. The van der Waals surface area contributed by atoms with E-state index in [1.54, 1.807) is 0 Å². The van der Waals surface area contributed by atoms with E-state index in [-0.39, 0.29) is 17.1 Å². The van der Waals surface area contributed by atoms with Crippen molar-refractivity contribution in [3.63, 3.8) is 0 Å². The summed E-state index contributed by atoms with van der Waals surface area (Å²) in [5.41, 5.74) is -1.32. The van der Waals surface area contributed by atoms with Crippen LogP contribution in [-0.4, -0.2) is 16.8 Å². The molecule has 4 heteroatoms. The van der Waals surface area contributed by atoms with Crippen LogP contribution in [0.2, 0.25) is 0 Å². The van der Waals surface area contributed by atoms with E-state index in [0.717, 1.165) is 5.76 Å². The Morgan fingerprint density at radius 2 is 1.20 bits per heavy atom. The number of hydrogen-bond acceptors (Lipinski definition) is 4. The van der Waals surface area contributed by atoms with Crippen molar-refractivity contribution in [2.75, 3.05) is 0 Å². The molecule has 0 N–H and O–H groups in total. The molecule has 4 nitrogen and oxygen atoms in total. The van der Waals surface area contributed by atoms with Crippen LogP contribution in [0.25, 0.3) is 0 Å². The molecular weight excluding hydrogens is 256 g/mol. The van der Waals surface area contributed by atoms with Gasteiger partial charge in [-0.25, -0.2) is 9.78 Å². The van der Waals surface area contributed by atoms with Gasteiger partial charge in [-0.1, -0.05) is 13.8 Å². The number of allylic oxidation sites excluding steroid dienone is 1. The van der Waals surface area contributed by atoms with Crippen LogP contribution in [0.1, 0.15) is 69.2 Å². The van der Waals surface area contributed by atoms with Crippen molar-refractivity contribution in [3.8, 4) is 0 Å². The summed E-state index contributed by atoms with van der Waals surface area (Å²) in [4.78, 5) is 21.7. The molecular formula is C16H32O4. The topological polar surface area (TPSA) is 36.9 Å². The van der Waals surface area contributed by atoms with Gasteiger partial charge >= 0.3 is 0 Å². The second-order valence-corrected chi connectivity index (χ2v) is 7.86. The van der Waals surface area contributed by atoms with Crippen LogP contribution in [0.5, 0.6) is 0 Å². The van der Waals surface area contributed by atoms with Crippen molar-refractivity contribution in [2.24, 2.45) is 5.92 Å². The minimum Gasteiger partial charge on any atom is -0.342 e. The summed E-state index contributed by atoms with van der Waals surface area (Å²) in [6.45, 7) is 19.6. The Morgan fingerprint density at radius 3 is 1.55 bits per heavy atom. The lowest BCUT2D eigenvalue weighted by molar-refractivity contribution is -0.388. The molecule has 0 aromatic heterocycles. The van der Waals surface area contributed by atoms with Crippen LogP contribution in [0.15, 0.2) is 11.8 Å². The van der Waals surface area contributed by atoms with Gasteiger partial charge in [0.15, 0.2) is 0 Å². The summed E-state index contributed by atoms with van der Waals surface area (Å²) in [7, 11) is 0. The normalized spacial score (nSPS) is 14.8. The molecule has 0 aliphatic rings. The van der Waals surface area contributed by atoms with E-state index >= 15 is 0 Å². The van der Waals surface area contributed by atoms with Crippen LogP contribution >= 0.6 is 0 Å². The fourth-order valence-corrected chi connectivity index (χ4v) is 1.06. The van der Waals surface area contributed by atoms with Gasteiger partial charge in [0.25, 0.3) is 0 Å².